The summed E-state index contributed by atoms with van der Waals surface area (Å²) in [6.45, 7) is 2.33. The third-order valence-electron chi connectivity index (χ3n) is 4.73. The first-order chi connectivity index (χ1) is 10.8. The fraction of sp³-hybridized carbons (Fsp3) is 0.500. The number of nitrogens with one attached hydrogen (secondary N) is 1. The Morgan fingerprint density at radius 3 is 3.05 bits per heavy atom. The summed E-state index contributed by atoms with van der Waals surface area (Å²) in [5.41, 5.74) is 0.373. The Balaban J connectivity index is 1.38. The quantitative estimate of drug-likeness (QED) is 0.941. The van der Waals surface area contributed by atoms with Gasteiger partial charge in [0.2, 0.25) is 11.7 Å². The van der Waals surface area contributed by atoms with Crippen molar-refractivity contribution in [1.82, 2.24) is 15.5 Å². The lowest BCUT2D eigenvalue weighted by Gasteiger charge is -2.22. The third kappa shape index (κ3) is 2.59. The van der Waals surface area contributed by atoms with E-state index in [2.05, 4.69) is 15.5 Å². The first-order valence-electron chi connectivity index (χ1n) is 7.67. The number of halogens is 1. The lowest BCUT2D eigenvalue weighted by molar-refractivity contribution is 0.281. The summed E-state index contributed by atoms with van der Waals surface area (Å²) in [6.07, 6.45) is 3.49. The zero-order chi connectivity index (χ0) is 15.0. The average Bonchev–Trinajstić information content (AvgIpc) is 3.01. The normalized spacial score (nSPS) is 22.7. The van der Waals surface area contributed by atoms with E-state index in [1.807, 2.05) is 0 Å². The second kappa shape index (κ2) is 5.35. The van der Waals surface area contributed by atoms with Gasteiger partial charge in [0, 0.05) is 12.0 Å². The first-order valence-corrected chi connectivity index (χ1v) is 7.67. The van der Waals surface area contributed by atoms with Gasteiger partial charge in [0.15, 0.2) is 6.61 Å². The Morgan fingerprint density at radius 2 is 2.23 bits per heavy atom. The topological polar surface area (TPSA) is 60.2 Å². The summed E-state index contributed by atoms with van der Waals surface area (Å²) in [5, 5.41) is 7.36. The van der Waals surface area contributed by atoms with Crippen LogP contribution in [0.4, 0.5) is 4.39 Å². The smallest absolute Gasteiger partial charge is 0.230 e. The molecule has 1 saturated heterocycles. The highest BCUT2D eigenvalue weighted by molar-refractivity contribution is 5.22. The molecule has 1 spiro atoms. The van der Waals surface area contributed by atoms with E-state index in [4.69, 9.17) is 9.26 Å². The van der Waals surface area contributed by atoms with Crippen LogP contribution >= 0.6 is 0 Å². The molecule has 4 rings (SSSR count). The monoisotopic (exact) mass is 303 g/mol. The fourth-order valence-electron chi connectivity index (χ4n) is 3.35. The summed E-state index contributed by atoms with van der Waals surface area (Å²) in [5.74, 6) is 1.77. The molecule has 0 bridgehead atoms. The summed E-state index contributed by atoms with van der Waals surface area (Å²) >= 11 is 0. The van der Waals surface area contributed by atoms with Crippen molar-refractivity contribution >= 4 is 0 Å². The van der Waals surface area contributed by atoms with Crippen molar-refractivity contribution in [3.63, 3.8) is 0 Å². The Kier molecular flexibility index (Phi) is 3.33. The second-order valence-corrected chi connectivity index (χ2v) is 6.16. The minimum atomic E-state index is -0.322. The van der Waals surface area contributed by atoms with Crippen LogP contribution in [0.3, 0.4) is 0 Å². The molecule has 116 valence electrons. The highest BCUT2D eigenvalue weighted by atomic mass is 19.1. The molecule has 5 nitrogen and oxygen atoms in total. The molecule has 1 aromatic carbocycles. The number of ether oxygens (including phenoxy) is 1. The summed E-state index contributed by atoms with van der Waals surface area (Å²) in [6, 6.07) is 6.03. The van der Waals surface area contributed by atoms with E-state index in [9.17, 15) is 4.39 Å². The van der Waals surface area contributed by atoms with E-state index in [-0.39, 0.29) is 12.4 Å². The molecule has 6 heteroatoms. The van der Waals surface area contributed by atoms with Gasteiger partial charge in [-0.15, -0.1) is 0 Å². The Labute approximate surface area is 127 Å². The van der Waals surface area contributed by atoms with Crippen molar-refractivity contribution in [2.24, 2.45) is 5.41 Å². The number of benzene rings is 1. The maximum atomic E-state index is 13.1. The number of nitrogens with zero attached hydrogens (tertiary/aromatic N) is 2. The number of hydrogen-bond acceptors (Lipinski definition) is 5. The first kappa shape index (κ1) is 13.7. The molecule has 0 radical (unpaired) electrons. The van der Waals surface area contributed by atoms with Gasteiger partial charge in [-0.3, -0.25) is 0 Å². The lowest BCUT2D eigenvalue weighted by Crippen LogP contribution is -2.29. The molecular weight excluding hydrogens is 285 g/mol. The van der Waals surface area contributed by atoms with Crippen LogP contribution in [0.2, 0.25) is 0 Å². The van der Waals surface area contributed by atoms with Crippen molar-refractivity contribution in [3.05, 3.63) is 41.8 Å². The van der Waals surface area contributed by atoms with Gasteiger partial charge in [-0.1, -0.05) is 11.2 Å². The van der Waals surface area contributed by atoms with Crippen molar-refractivity contribution in [2.45, 2.75) is 31.8 Å². The van der Waals surface area contributed by atoms with Crippen LogP contribution in [-0.2, 0) is 6.61 Å². The van der Waals surface area contributed by atoms with Crippen LogP contribution in [0.1, 0.15) is 36.9 Å². The van der Waals surface area contributed by atoms with Crippen LogP contribution in [0, 0.1) is 11.2 Å². The summed E-state index contributed by atoms with van der Waals surface area (Å²) < 4.78 is 24.0. The van der Waals surface area contributed by atoms with E-state index >= 15 is 0 Å². The van der Waals surface area contributed by atoms with Crippen LogP contribution in [0.25, 0.3) is 0 Å². The van der Waals surface area contributed by atoms with Gasteiger partial charge in [-0.2, -0.15) is 4.98 Å². The molecule has 2 heterocycles. The molecule has 1 aliphatic heterocycles. The van der Waals surface area contributed by atoms with Crippen molar-refractivity contribution < 1.29 is 13.7 Å². The van der Waals surface area contributed by atoms with Crippen LogP contribution in [0.15, 0.2) is 28.8 Å². The van der Waals surface area contributed by atoms with Crippen molar-refractivity contribution in [2.75, 3.05) is 13.1 Å². The predicted octanol–water partition coefficient (Wildman–Crippen LogP) is 2.64. The van der Waals surface area contributed by atoms with E-state index in [1.54, 1.807) is 12.1 Å². The van der Waals surface area contributed by atoms with Gasteiger partial charge in [0.05, 0.1) is 0 Å². The van der Waals surface area contributed by atoms with Gasteiger partial charge < -0.3 is 14.6 Å². The Hall–Kier alpha value is -1.95. The highest BCUT2D eigenvalue weighted by Gasteiger charge is 2.57. The molecule has 2 fully saturated rings. The van der Waals surface area contributed by atoms with Gasteiger partial charge in [0.1, 0.15) is 11.6 Å². The predicted molar refractivity (Wildman–Crippen MR) is 76.9 cm³/mol. The van der Waals surface area contributed by atoms with Crippen molar-refractivity contribution in [1.29, 1.82) is 0 Å². The number of hydrogen-bond donors (Lipinski definition) is 1. The van der Waals surface area contributed by atoms with Gasteiger partial charge in [-0.25, -0.2) is 4.39 Å². The maximum Gasteiger partial charge on any atom is 0.230 e. The molecule has 2 aromatic rings. The summed E-state index contributed by atoms with van der Waals surface area (Å²) in [7, 11) is 0. The minimum Gasteiger partial charge on any atom is -0.485 e. The molecule has 1 unspecified atom stereocenters. The summed E-state index contributed by atoms with van der Waals surface area (Å²) in [4.78, 5) is 4.44. The van der Waals surface area contributed by atoms with Crippen LogP contribution < -0.4 is 10.1 Å². The Bertz CT molecular complexity index is 667. The zero-order valence-electron chi connectivity index (χ0n) is 12.2. The van der Waals surface area contributed by atoms with Gasteiger partial charge >= 0.3 is 0 Å². The largest absolute Gasteiger partial charge is 0.485 e. The minimum absolute atomic E-state index is 0.189. The standard InChI is InChI=1S/C16H18FN3O2/c17-11-2-1-3-12(8-11)21-10-14-19-15(22-20-14)13-9-16(13)4-6-18-7-5-16/h1-3,8,13,18H,4-7,9-10H2. The SMILES string of the molecule is Fc1cccc(OCc2noc(C3CC34CCNCC4)n2)c1. The number of piperidine rings is 1. The zero-order valence-corrected chi connectivity index (χ0v) is 12.2. The second-order valence-electron chi connectivity index (χ2n) is 6.16. The van der Waals surface area contributed by atoms with E-state index in [0.29, 0.717) is 22.9 Å². The van der Waals surface area contributed by atoms with Gasteiger partial charge in [-0.05, 0) is 49.9 Å². The van der Waals surface area contributed by atoms with E-state index in [1.165, 1.54) is 25.0 Å². The molecular formula is C16H18FN3O2. The molecule has 1 saturated carbocycles. The van der Waals surface area contributed by atoms with Crippen LogP contribution in [-0.4, -0.2) is 23.2 Å². The van der Waals surface area contributed by atoms with E-state index < -0.39 is 0 Å². The molecule has 1 aliphatic carbocycles. The third-order valence-corrected chi connectivity index (χ3v) is 4.73. The van der Waals surface area contributed by atoms with Gasteiger partial charge in [0.25, 0.3) is 0 Å². The molecule has 1 aromatic heterocycles. The lowest BCUT2D eigenvalue weighted by atomic mass is 9.92. The Morgan fingerprint density at radius 1 is 1.36 bits per heavy atom. The highest BCUT2D eigenvalue weighted by Crippen LogP contribution is 2.63. The number of rotatable bonds is 4. The fourth-order valence-corrected chi connectivity index (χ4v) is 3.35. The average molecular weight is 303 g/mol. The van der Waals surface area contributed by atoms with Crippen LogP contribution in [0.5, 0.6) is 5.75 Å². The molecule has 2 aliphatic rings. The molecule has 22 heavy (non-hydrogen) atoms. The maximum absolute atomic E-state index is 13.1. The molecule has 0 amide bonds. The number of aromatic nitrogens is 2. The van der Waals surface area contributed by atoms with Crippen molar-refractivity contribution in [3.8, 4) is 5.75 Å². The molecule has 1 N–H and O–H groups in total. The van der Waals surface area contributed by atoms with E-state index in [0.717, 1.165) is 25.4 Å². The molecule has 1 atom stereocenters.